The van der Waals surface area contributed by atoms with Gasteiger partial charge in [0.05, 0.1) is 24.6 Å². The lowest BCUT2D eigenvalue weighted by Crippen LogP contribution is -2.34. The molecule has 0 spiro atoms. The minimum atomic E-state index is -0.371. The highest BCUT2D eigenvalue weighted by atomic mass is 16.5. The Kier molecular flexibility index (Phi) is 11.1. The standard InChI is InChI=1S/C30H42N4O4/c1-5-8-11-12-19-33-28(35)26(32(30(33)37)18-10-7-3)20-25-21-31-27(13-9-6-2)34(25)22-23-14-16-24(17-15-23)29(36)38-4/h14-17,20-21H,5-13,18-19,22H2,1-4H3/b26-20-. The molecular weight excluding hydrogens is 480 g/mol. The number of benzene rings is 1. The number of carbonyl (C=O) groups is 3. The van der Waals surface area contributed by atoms with E-state index >= 15 is 0 Å². The number of imidazole rings is 1. The van der Waals surface area contributed by atoms with Crippen molar-refractivity contribution in [2.75, 3.05) is 20.2 Å². The molecule has 1 saturated heterocycles. The van der Waals surface area contributed by atoms with Gasteiger partial charge in [-0.2, -0.15) is 0 Å². The van der Waals surface area contributed by atoms with E-state index in [1.165, 1.54) is 12.0 Å². The van der Waals surface area contributed by atoms with Crippen LogP contribution in [0.15, 0.2) is 36.2 Å². The second-order valence-corrected chi connectivity index (χ2v) is 9.81. The maximum Gasteiger partial charge on any atom is 0.337 e. The zero-order valence-electron chi connectivity index (χ0n) is 23.4. The molecule has 0 N–H and O–H groups in total. The van der Waals surface area contributed by atoms with Crippen molar-refractivity contribution in [1.82, 2.24) is 19.4 Å². The van der Waals surface area contributed by atoms with Gasteiger partial charge in [0.25, 0.3) is 5.91 Å². The average molecular weight is 523 g/mol. The summed E-state index contributed by atoms with van der Waals surface area (Å²) in [6.45, 7) is 7.87. The normalized spacial score (nSPS) is 14.7. The topological polar surface area (TPSA) is 84.7 Å². The van der Waals surface area contributed by atoms with E-state index in [1.54, 1.807) is 23.2 Å². The zero-order chi connectivity index (χ0) is 27.5. The molecule has 1 aliphatic rings. The third-order valence-electron chi connectivity index (χ3n) is 6.91. The van der Waals surface area contributed by atoms with Gasteiger partial charge in [-0.15, -0.1) is 0 Å². The smallest absolute Gasteiger partial charge is 0.337 e. The number of hydrogen-bond donors (Lipinski definition) is 0. The third kappa shape index (κ3) is 7.11. The van der Waals surface area contributed by atoms with Crippen molar-refractivity contribution < 1.29 is 19.1 Å². The predicted octanol–water partition coefficient (Wildman–Crippen LogP) is 6.05. The summed E-state index contributed by atoms with van der Waals surface area (Å²) in [6.07, 6.45) is 12.3. The number of imide groups is 1. The quantitative estimate of drug-likeness (QED) is 0.123. The van der Waals surface area contributed by atoms with E-state index in [9.17, 15) is 14.4 Å². The number of amides is 3. The van der Waals surface area contributed by atoms with Crippen LogP contribution in [-0.2, 0) is 22.5 Å². The number of hydrogen-bond acceptors (Lipinski definition) is 5. The summed E-state index contributed by atoms with van der Waals surface area (Å²) < 4.78 is 6.92. The Morgan fingerprint density at radius 3 is 2.24 bits per heavy atom. The van der Waals surface area contributed by atoms with Gasteiger partial charge in [0.1, 0.15) is 11.5 Å². The van der Waals surface area contributed by atoms with Crippen LogP contribution in [0.2, 0.25) is 0 Å². The first-order valence-corrected chi connectivity index (χ1v) is 14.0. The summed E-state index contributed by atoms with van der Waals surface area (Å²) in [5.41, 5.74) is 2.71. The van der Waals surface area contributed by atoms with E-state index in [0.717, 1.165) is 74.9 Å². The summed E-state index contributed by atoms with van der Waals surface area (Å²) in [5.74, 6) is 0.334. The van der Waals surface area contributed by atoms with Crippen molar-refractivity contribution in [2.45, 2.75) is 85.1 Å². The molecule has 0 atom stereocenters. The van der Waals surface area contributed by atoms with Crippen molar-refractivity contribution in [3.8, 4) is 0 Å². The predicted molar refractivity (Wildman–Crippen MR) is 149 cm³/mol. The molecule has 0 unspecified atom stereocenters. The van der Waals surface area contributed by atoms with Crippen molar-refractivity contribution in [3.63, 3.8) is 0 Å². The SMILES string of the molecule is CCCCCCN1C(=O)/C(=C/c2cnc(CCCC)n2Cc2ccc(C(=O)OC)cc2)N(CCCC)C1=O. The van der Waals surface area contributed by atoms with Crippen molar-refractivity contribution in [3.05, 3.63) is 58.8 Å². The van der Waals surface area contributed by atoms with E-state index in [2.05, 4.69) is 30.3 Å². The molecule has 0 saturated carbocycles. The maximum atomic E-state index is 13.5. The van der Waals surface area contributed by atoms with Gasteiger partial charge in [0.2, 0.25) is 0 Å². The molecule has 3 rings (SSSR count). The van der Waals surface area contributed by atoms with Gasteiger partial charge in [-0.25, -0.2) is 14.6 Å². The summed E-state index contributed by atoms with van der Waals surface area (Å²) in [6, 6.07) is 7.10. The second-order valence-electron chi connectivity index (χ2n) is 9.81. The van der Waals surface area contributed by atoms with Crippen LogP contribution in [0.3, 0.4) is 0 Å². The van der Waals surface area contributed by atoms with Gasteiger partial charge in [0.15, 0.2) is 0 Å². The number of rotatable bonds is 15. The number of urea groups is 1. The molecule has 0 bridgehead atoms. The van der Waals surface area contributed by atoms with Gasteiger partial charge < -0.3 is 9.30 Å². The minimum absolute atomic E-state index is 0.220. The number of unbranched alkanes of at least 4 members (excludes halogenated alkanes) is 5. The fourth-order valence-corrected chi connectivity index (χ4v) is 4.60. The van der Waals surface area contributed by atoms with Crippen LogP contribution in [0.1, 0.15) is 99.6 Å². The molecule has 2 aromatic rings. The molecular formula is C30H42N4O4. The molecule has 1 aromatic carbocycles. The number of esters is 1. The van der Waals surface area contributed by atoms with Crippen LogP contribution < -0.4 is 0 Å². The van der Waals surface area contributed by atoms with Crippen molar-refractivity contribution >= 4 is 24.0 Å². The molecule has 2 heterocycles. The van der Waals surface area contributed by atoms with E-state index in [4.69, 9.17) is 4.74 Å². The van der Waals surface area contributed by atoms with Crippen LogP contribution in [0.5, 0.6) is 0 Å². The zero-order valence-corrected chi connectivity index (χ0v) is 23.4. The van der Waals surface area contributed by atoms with E-state index in [-0.39, 0.29) is 17.9 Å². The van der Waals surface area contributed by atoms with Crippen LogP contribution in [0.25, 0.3) is 6.08 Å². The highest BCUT2D eigenvalue weighted by Gasteiger charge is 2.40. The number of nitrogens with zero attached hydrogens (tertiary/aromatic N) is 4. The summed E-state index contributed by atoms with van der Waals surface area (Å²) in [4.78, 5) is 46.3. The molecule has 1 aliphatic heterocycles. The lowest BCUT2D eigenvalue weighted by atomic mass is 10.1. The molecule has 8 nitrogen and oxygen atoms in total. The Morgan fingerprint density at radius 2 is 1.58 bits per heavy atom. The lowest BCUT2D eigenvalue weighted by Gasteiger charge is -2.17. The fourth-order valence-electron chi connectivity index (χ4n) is 4.60. The molecule has 3 amide bonds. The summed E-state index contributed by atoms with van der Waals surface area (Å²) in [7, 11) is 1.37. The van der Waals surface area contributed by atoms with E-state index in [0.29, 0.717) is 30.9 Å². The summed E-state index contributed by atoms with van der Waals surface area (Å²) in [5, 5.41) is 0. The molecule has 0 radical (unpaired) electrons. The number of methoxy groups -OCH3 is 1. The Morgan fingerprint density at radius 1 is 0.895 bits per heavy atom. The average Bonchev–Trinajstić information content (AvgIpc) is 3.41. The van der Waals surface area contributed by atoms with Crippen LogP contribution in [0, 0.1) is 0 Å². The van der Waals surface area contributed by atoms with Gasteiger partial charge in [-0.05, 0) is 43.0 Å². The highest BCUT2D eigenvalue weighted by Crippen LogP contribution is 2.26. The first kappa shape index (κ1) is 29.1. The number of aryl methyl sites for hydroxylation is 1. The van der Waals surface area contributed by atoms with Gasteiger partial charge >= 0.3 is 12.0 Å². The number of aromatic nitrogens is 2. The molecule has 206 valence electrons. The fraction of sp³-hybridized carbons (Fsp3) is 0.533. The van der Waals surface area contributed by atoms with Crippen LogP contribution >= 0.6 is 0 Å². The molecule has 38 heavy (non-hydrogen) atoms. The maximum absolute atomic E-state index is 13.5. The van der Waals surface area contributed by atoms with Gasteiger partial charge in [0, 0.05) is 26.1 Å². The third-order valence-corrected chi connectivity index (χ3v) is 6.91. The largest absolute Gasteiger partial charge is 0.465 e. The Balaban J connectivity index is 1.94. The first-order chi connectivity index (χ1) is 18.4. The van der Waals surface area contributed by atoms with Crippen LogP contribution in [-0.4, -0.2) is 57.5 Å². The summed E-state index contributed by atoms with van der Waals surface area (Å²) >= 11 is 0. The first-order valence-electron chi connectivity index (χ1n) is 14.0. The molecule has 1 fully saturated rings. The monoisotopic (exact) mass is 522 g/mol. The van der Waals surface area contributed by atoms with Gasteiger partial charge in [-0.3, -0.25) is 14.6 Å². The number of ether oxygens (including phenoxy) is 1. The molecule has 1 aromatic heterocycles. The molecule has 0 aliphatic carbocycles. The number of carbonyl (C=O) groups excluding carboxylic acids is 3. The van der Waals surface area contributed by atoms with Gasteiger partial charge in [-0.1, -0.05) is 65.0 Å². The van der Waals surface area contributed by atoms with E-state index in [1.807, 2.05) is 18.2 Å². The highest BCUT2D eigenvalue weighted by molar-refractivity contribution is 6.13. The lowest BCUT2D eigenvalue weighted by molar-refractivity contribution is -0.123. The van der Waals surface area contributed by atoms with Crippen molar-refractivity contribution in [2.24, 2.45) is 0 Å². The molecule has 8 heteroatoms. The van der Waals surface area contributed by atoms with Crippen LogP contribution in [0.4, 0.5) is 4.79 Å². The van der Waals surface area contributed by atoms with Crippen molar-refractivity contribution in [1.29, 1.82) is 0 Å². The second kappa shape index (κ2) is 14.5. The minimum Gasteiger partial charge on any atom is -0.465 e. The Bertz CT molecular complexity index is 1120. The Hall–Kier alpha value is -3.42. The Labute approximate surface area is 226 Å². The van der Waals surface area contributed by atoms with E-state index < -0.39 is 0 Å².